The number of carbonyl (C=O) groups excluding carboxylic acids is 2. The summed E-state index contributed by atoms with van der Waals surface area (Å²) < 4.78 is 28.5. The Bertz CT molecular complexity index is 658. The average molecular weight is 411 g/mol. The molecule has 1 spiro atoms. The van der Waals surface area contributed by atoms with E-state index >= 15 is 0 Å². The summed E-state index contributed by atoms with van der Waals surface area (Å²) >= 11 is 0. The molecule has 1 saturated heterocycles. The summed E-state index contributed by atoms with van der Waals surface area (Å²) in [5.74, 6) is -4.38. The van der Waals surface area contributed by atoms with Gasteiger partial charge in [0.05, 0.1) is 6.07 Å². The third kappa shape index (κ3) is 5.43. The number of halogens is 2. The molecule has 3 aliphatic rings. The molecule has 4 N–H and O–H groups in total. The van der Waals surface area contributed by atoms with E-state index in [1.807, 2.05) is 6.07 Å². The minimum atomic E-state index is -3.05. The first-order chi connectivity index (χ1) is 13.7. The van der Waals surface area contributed by atoms with Gasteiger partial charge in [0.1, 0.15) is 11.6 Å². The molecule has 3 fully saturated rings. The van der Waals surface area contributed by atoms with E-state index in [-0.39, 0.29) is 30.2 Å². The molecule has 1 atom stereocenters. The Kier molecular flexibility index (Phi) is 6.44. The summed E-state index contributed by atoms with van der Waals surface area (Å²) in [5.41, 5.74) is 5.49. The summed E-state index contributed by atoms with van der Waals surface area (Å²) in [6, 6.07) is 0.690. The van der Waals surface area contributed by atoms with Crippen LogP contribution in [0, 0.1) is 17.2 Å². The lowest BCUT2D eigenvalue weighted by Crippen LogP contribution is -2.54. The molecule has 2 aliphatic carbocycles. The summed E-state index contributed by atoms with van der Waals surface area (Å²) in [7, 11) is 0. The third-order valence-corrected chi connectivity index (χ3v) is 6.47. The zero-order valence-electron chi connectivity index (χ0n) is 17.0. The second kappa shape index (κ2) is 8.52. The van der Waals surface area contributed by atoms with Crippen LogP contribution in [0.15, 0.2) is 0 Å². The van der Waals surface area contributed by atoms with Gasteiger partial charge in [-0.2, -0.15) is 5.26 Å². The highest BCUT2D eigenvalue weighted by molar-refractivity contribution is 5.89. The molecule has 0 aromatic heterocycles. The van der Waals surface area contributed by atoms with Crippen molar-refractivity contribution in [3.05, 3.63) is 0 Å². The van der Waals surface area contributed by atoms with E-state index in [0.717, 1.165) is 25.8 Å². The van der Waals surface area contributed by atoms with E-state index in [1.54, 1.807) is 6.92 Å². The topological polar surface area (TPSA) is 106 Å². The van der Waals surface area contributed by atoms with Crippen molar-refractivity contribution in [2.24, 2.45) is 5.92 Å². The summed E-state index contributed by atoms with van der Waals surface area (Å²) in [4.78, 5) is 25.4. The zero-order chi connectivity index (χ0) is 21.1. The molecule has 0 unspecified atom stereocenters. The maximum absolute atomic E-state index is 14.2. The molecule has 9 heteroatoms. The first-order valence-corrected chi connectivity index (χ1v) is 10.6. The van der Waals surface area contributed by atoms with Crippen molar-refractivity contribution in [2.45, 2.75) is 94.2 Å². The Labute approximate surface area is 170 Å². The number of hydrazine groups is 1. The van der Waals surface area contributed by atoms with Gasteiger partial charge in [-0.25, -0.2) is 8.78 Å². The smallest absolute Gasteiger partial charge is 0.250 e. The molecule has 0 radical (unpaired) electrons. The number of hydrogen-bond donors (Lipinski definition) is 4. The van der Waals surface area contributed by atoms with Gasteiger partial charge >= 0.3 is 0 Å². The summed E-state index contributed by atoms with van der Waals surface area (Å²) in [5, 5.41) is 14.3. The fraction of sp³-hybridized carbons (Fsp3) is 0.850. The second-order valence-corrected chi connectivity index (χ2v) is 8.91. The fourth-order valence-electron chi connectivity index (χ4n) is 4.40. The van der Waals surface area contributed by atoms with E-state index in [0.29, 0.717) is 25.7 Å². The Balaban J connectivity index is 1.61. The zero-order valence-corrected chi connectivity index (χ0v) is 17.0. The first kappa shape index (κ1) is 21.9. The highest BCUT2D eigenvalue weighted by Crippen LogP contribution is 2.37. The van der Waals surface area contributed by atoms with Crippen LogP contribution in [0.1, 0.15) is 71.1 Å². The lowest BCUT2D eigenvalue weighted by atomic mass is 9.75. The van der Waals surface area contributed by atoms with Crippen molar-refractivity contribution in [1.82, 2.24) is 21.5 Å². The average Bonchev–Trinajstić information content (AvgIpc) is 3.31. The van der Waals surface area contributed by atoms with E-state index in [9.17, 15) is 23.6 Å². The van der Waals surface area contributed by atoms with Gasteiger partial charge in [0.2, 0.25) is 11.8 Å². The van der Waals surface area contributed by atoms with Crippen LogP contribution in [-0.4, -0.2) is 41.4 Å². The van der Waals surface area contributed by atoms with Crippen LogP contribution in [0.5, 0.6) is 0 Å². The first-order valence-electron chi connectivity index (χ1n) is 10.6. The molecule has 162 valence electrons. The minimum Gasteiger partial charge on any atom is -0.344 e. The minimum absolute atomic E-state index is 0.0207. The molecule has 7 nitrogen and oxygen atoms in total. The Morgan fingerprint density at radius 2 is 1.93 bits per heavy atom. The number of nitrogens with one attached hydrogen (secondary N) is 4. The molecule has 1 aliphatic heterocycles. The van der Waals surface area contributed by atoms with E-state index < -0.39 is 29.8 Å². The van der Waals surface area contributed by atoms with Crippen LogP contribution in [0.2, 0.25) is 0 Å². The standard InChI is InChI=1S/C20H31F2N5O2/c1-2-5-20(21,22)12-15(17(29)26-19(13-23)8-9-19)25-16(28)14-3-6-18(7-4-14)10-11-24-27-18/h14-15,24,27H,2-12H2,1H3,(H,25,28)(H,26,29)/t14?,15-,18?/m0/s1. The number of hydrogen-bond acceptors (Lipinski definition) is 5. The van der Waals surface area contributed by atoms with Crippen LogP contribution >= 0.6 is 0 Å². The van der Waals surface area contributed by atoms with Crippen molar-refractivity contribution in [2.75, 3.05) is 6.54 Å². The Morgan fingerprint density at radius 3 is 2.45 bits per heavy atom. The normalized spacial score (nSPS) is 29.1. The SMILES string of the molecule is CCCC(F)(F)C[C@H](NC(=O)C1CCC2(CCNN2)CC1)C(=O)NC1(C#N)CC1. The molecular weight excluding hydrogens is 380 g/mol. The molecule has 0 bridgehead atoms. The molecule has 2 saturated carbocycles. The number of nitriles is 1. The maximum Gasteiger partial charge on any atom is 0.250 e. The highest BCUT2D eigenvalue weighted by Gasteiger charge is 2.47. The Morgan fingerprint density at radius 1 is 1.24 bits per heavy atom. The summed E-state index contributed by atoms with van der Waals surface area (Å²) in [6.45, 7) is 2.55. The predicted octanol–water partition coefficient (Wildman–Crippen LogP) is 1.90. The second-order valence-electron chi connectivity index (χ2n) is 8.91. The molecule has 0 aromatic carbocycles. The molecule has 2 amide bonds. The van der Waals surface area contributed by atoms with Gasteiger partial charge in [-0.3, -0.25) is 20.4 Å². The predicted molar refractivity (Wildman–Crippen MR) is 103 cm³/mol. The monoisotopic (exact) mass is 411 g/mol. The van der Waals surface area contributed by atoms with Gasteiger partial charge in [0.25, 0.3) is 5.92 Å². The summed E-state index contributed by atoms with van der Waals surface area (Å²) in [6.07, 6.45) is 4.18. The van der Waals surface area contributed by atoms with Gasteiger partial charge < -0.3 is 10.6 Å². The number of carbonyl (C=O) groups is 2. The van der Waals surface area contributed by atoms with Crippen molar-refractivity contribution in [3.63, 3.8) is 0 Å². The van der Waals surface area contributed by atoms with Crippen LogP contribution in [0.3, 0.4) is 0 Å². The molecule has 1 heterocycles. The number of rotatable bonds is 8. The number of alkyl halides is 2. The third-order valence-electron chi connectivity index (χ3n) is 6.47. The van der Waals surface area contributed by atoms with Crippen LogP contribution in [0.4, 0.5) is 8.78 Å². The molecule has 3 rings (SSSR count). The largest absolute Gasteiger partial charge is 0.344 e. The maximum atomic E-state index is 14.2. The van der Waals surface area contributed by atoms with Crippen LogP contribution < -0.4 is 21.5 Å². The van der Waals surface area contributed by atoms with Crippen molar-refractivity contribution in [3.8, 4) is 6.07 Å². The molecule has 0 aromatic rings. The fourth-order valence-corrected chi connectivity index (χ4v) is 4.40. The molecular formula is C20H31F2N5O2. The van der Waals surface area contributed by atoms with Crippen LogP contribution in [0.25, 0.3) is 0 Å². The Hall–Kier alpha value is -1.79. The van der Waals surface area contributed by atoms with E-state index in [4.69, 9.17) is 0 Å². The van der Waals surface area contributed by atoms with Crippen LogP contribution in [-0.2, 0) is 9.59 Å². The number of nitrogens with zero attached hydrogens (tertiary/aromatic N) is 1. The van der Waals surface area contributed by atoms with Crippen molar-refractivity contribution < 1.29 is 18.4 Å². The lowest BCUT2D eigenvalue weighted by Gasteiger charge is -2.36. The quantitative estimate of drug-likeness (QED) is 0.488. The van der Waals surface area contributed by atoms with Crippen molar-refractivity contribution >= 4 is 11.8 Å². The van der Waals surface area contributed by atoms with E-state index in [1.165, 1.54) is 0 Å². The van der Waals surface area contributed by atoms with Gasteiger partial charge in [-0.1, -0.05) is 13.3 Å². The van der Waals surface area contributed by atoms with Gasteiger partial charge in [0, 0.05) is 30.8 Å². The molecule has 29 heavy (non-hydrogen) atoms. The van der Waals surface area contributed by atoms with E-state index in [2.05, 4.69) is 21.5 Å². The van der Waals surface area contributed by atoms with Gasteiger partial charge in [-0.15, -0.1) is 0 Å². The highest BCUT2D eigenvalue weighted by atomic mass is 19.3. The van der Waals surface area contributed by atoms with Gasteiger partial charge in [-0.05, 0) is 44.9 Å². The van der Waals surface area contributed by atoms with Crippen molar-refractivity contribution in [1.29, 1.82) is 5.26 Å². The lowest BCUT2D eigenvalue weighted by molar-refractivity contribution is -0.134. The van der Waals surface area contributed by atoms with Gasteiger partial charge in [0.15, 0.2) is 0 Å². The number of amides is 2.